The lowest BCUT2D eigenvalue weighted by Gasteiger charge is -2.06. The summed E-state index contributed by atoms with van der Waals surface area (Å²) in [7, 11) is 1.57. The summed E-state index contributed by atoms with van der Waals surface area (Å²) in [5.41, 5.74) is 0.808. The molecule has 0 aromatic carbocycles. The first-order valence-corrected chi connectivity index (χ1v) is 3.49. The molecule has 0 fully saturated rings. The van der Waals surface area contributed by atoms with E-state index in [0.29, 0.717) is 5.75 Å². The van der Waals surface area contributed by atoms with Crippen LogP contribution in [0.2, 0.25) is 0 Å². The minimum absolute atomic E-state index is 0.201. The molecular weight excluding hydrogens is 142 g/mol. The molecule has 1 N–H and O–H groups in total. The zero-order valence-electron chi connectivity index (χ0n) is 6.66. The fourth-order valence-corrected chi connectivity index (χ4v) is 0.989. The molecule has 1 aromatic rings. The summed E-state index contributed by atoms with van der Waals surface area (Å²) in [6.07, 6.45) is 3.76. The number of ether oxygens (including phenoxy) is 1. The van der Waals surface area contributed by atoms with Gasteiger partial charge in [-0.1, -0.05) is 6.92 Å². The Morgan fingerprint density at radius 3 is 2.73 bits per heavy atom. The van der Waals surface area contributed by atoms with Gasteiger partial charge in [0.05, 0.1) is 19.5 Å². The molecule has 0 aliphatic rings. The van der Waals surface area contributed by atoms with Gasteiger partial charge in [0, 0.05) is 5.56 Å². The highest BCUT2D eigenvalue weighted by atomic mass is 16.5. The third-order valence-corrected chi connectivity index (χ3v) is 1.57. The summed E-state index contributed by atoms with van der Waals surface area (Å²) in [5, 5.41) is 9.28. The molecule has 0 spiro atoms. The molecule has 0 amide bonds. The van der Waals surface area contributed by atoms with Gasteiger partial charge in [0.25, 0.3) is 0 Å². The molecule has 60 valence electrons. The Morgan fingerprint density at radius 1 is 1.55 bits per heavy atom. The summed E-state index contributed by atoms with van der Waals surface area (Å²) < 4.78 is 4.99. The van der Waals surface area contributed by atoms with Crippen LogP contribution < -0.4 is 4.74 Å². The SMILES string of the molecule is CCc1c(O)cncc1OC. The first-order valence-electron chi connectivity index (χ1n) is 3.49. The van der Waals surface area contributed by atoms with E-state index in [1.807, 2.05) is 6.92 Å². The zero-order chi connectivity index (χ0) is 8.27. The number of hydrogen-bond acceptors (Lipinski definition) is 3. The minimum Gasteiger partial charge on any atom is -0.506 e. The smallest absolute Gasteiger partial charge is 0.144 e. The Balaban J connectivity index is 3.13. The number of methoxy groups -OCH3 is 1. The topological polar surface area (TPSA) is 42.4 Å². The molecule has 3 heteroatoms. The molecule has 0 unspecified atom stereocenters. The molecule has 1 aromatic heterocycles. The van der Waals surface area contributed by atoms with Crippen molar-refractivity contribution in [1.29, 1.82) is 0 Å². The number of rotatable bonds is 2. The van der Waals surface area contributed by atoms with E-state index < -0.39 is 0 Å². The maximum absolute atomic E-state index is 9.28. The van der Waals surface area contributed by atoms with Crippen LogP contribution >= 0.6 is 0 Å². The molecule has 1 heterocycles. The maximum atomic E-state index is 9.28. The van der Waals surface area contributed by atoms with E-state index in [4.69, 9.17) is 4.74 Å². The standard InChI is InChI=1S/C8H11NO2/c1-3-6-7(10)4-9-5-8(6)11-2/h4-5,10H,3H2,1-2H3. The van der Waals surface area contributed by atoms with Gasteiger partial charge in [0.15, 0.2) is 0 Å². The van der Waals surface area contributed by atoms with E-state index in [1.54, 1.807) is 13.3 Å². The van der Waals surface area contributed by atoms with Crippen LogP contribution in [0.1, 0.15) is 12.5 Å². The van der Waals surface area contributed by atoms with E-state index in [1.165, 1.54) is 6.20 Å². The molecule has 0 aliphatic carbocycles. The second-order valence-electron chi connectivity index (χ2n) is 2.19. The van der Waals surface area contributed by atoms with Crippen LogP contribution in [0, 0.1) is 0 Å². The average Bonchev–Trinajstić information content (AvgIpc) is 2.04. The molecule has 11 heavy (non-hydrogen) atoms. The molecule has 0 saturated carbocycles. The predicted molar refractivity (Wildman–Crippen MR) is 41.8 cm³/mol. The number of aromatic hydroxyl groups is 1. The first-order chi connectivity index (χ1) is 5.29. The summed E-state index contributed by atoms with van der Waals surface area (Å²) >= 11 is 0. The lowest BCUT2D eigenvalue weighted by Crippen LogP contribution is -1.91. The van der Waals surface area contributed by atoms with Crippen molar-refractivity contribution < 1.29 is 9.84 Å². The molecular formula is C8H11NO2. The molecule has 1 rings (SSSR count). The Hall–Kier alpha value is -1.25. The third-order valence-electron chi connectivity index (χ3n) is 1.57. The quantitative estimate of drug-likeness (QED) is 0.697. The van der Waals surface area contributed by atoms with Crippen molar-refractivity contribution in [2.45, 2.75) is 13.3 Å². The van der Waals surface area contributed by atoms with Crippen molar-refractivity contribution >= 4 is 0 Å². The molecule has 0 bridgehead atoms. The van der Waals surface area contributed by atoms with Gasteiger partial charge in [-0.25, -0.2) is 0 Å². The number of aromatic nitrogens is 1. The fourth-order valence-electron chi connectivity index (χ4n) is 0.989. The van der Waals surface area contributed by atoms with Crippen LogP contribution in [0.25, 0.3) is 0 Å². The lowest BCUT2D eigenvalue weighted by atomic mass is 10.2. The minimum atomic E-state index is 0.201. The van der Waals surface area contributed by atoms with Crippen LogP contribution in [-0.4, -0.2) is 17.2 Å². The third kappa shape index (κ3) is 1.42. The molecule has 0 saturated heterocycles. The number of nitrogens with zero attached hydrogens (tertiary/aromatic N) is 1. The monoisotopic (exact) mass is 153 g/mol. The Kier molecular flexibility index (Phi) is 2.31. The van der Waals surface area contributed by atoms with Gasteiger partial charge < -0.3 is 9.84 Å². The highest BCUT2D eigenvalue weighted by Gasteiger charge is 2.05. The second kappa shape index (κ2) is 3.23. The zero-order valence-corrected chi connectivity index (χ0v) is 6.66. The molecule has 0 radical (unpaired) electrons. The van der Waals surface area contributed by atoms with Crippen molar-refractivity contribution in [3.63, 3.8) is 0 Å². The van der Waals surface area contributed by atoms with Gasteiger partial charge in [0.1, 0.15) is 11.5 Å². The van der Waals surface area contributed by atoms with Crippen LogP contribution in [0.15, 0.2) is 12.4 Å². The summed E-state index contributed by atoms with van der Waals surface area (Å²) in [4.78, 5) is 3.79. The maximum Gasteiger partial charge on any atom is 0.144 e. The Morgan fingerprint density at radius 2 is 2.27 bits per heavy atom. The van der Waals surface area contributed by atoms with Gasteiger partial charge in [-0.2, -0.15) is 0 Å². The summed E-state index contributed by atoms with van der Waals surface area (Å²) in [6.45, 7) is 1.96. The van der Waals surface area contributed by atoms with Gasteiger partial charge in [-0.15, -0.1) is 0 Å². The normalized spacial score (nSPS) is 9.64. The van der Waals surface area contributed by atoms with Crippen molar-refractivity contribution in [1.82, 2.24) is 4.98 Å². The lowest BCUT2D eigenvalue weighted by molar-refractivity contribution is 0.397. The fraction of sp³-hybridized carbons (Fsp3) is 0.375. The van der Waals surface area contributed by atoms with Gasteiger partial charge >= 0.3 is 0 Å². The van der Waals surface area contributed by atoms with E-state index in [0.717, 1.165) is 12.0 Å². The van der Waals surface area contributed by atoms with Crippen LogP contribution in [0.4, 0.5) is 0 Å². The van der Waals surface area contributed by atoms with Crippen molar-refractivity contribution in [3.8, 4) is 11.5 Å². The van der Waals surface area contributed by atoms with Crippen LogP contribution in [0.5, 0.6) is 11.5 Å². The van der Waals surface area contributed by atoms with Crippen molar-refractivity contribution in [2.75, 3.05) is 7.11 Å². The second-order valence-corrected chi connectivity index (χ2v) is 2.19. The largest absolute Gasteiger partial charge is 0.506 e. The Bertz CT molecular complexity index is 248. The van der Waals surface area contributed by atoms with E-state index in [9.17, 15) is 5.11 Å². The first kappa shape index (κ1) is 7.85. The summed E-state index contributed by atoms with van der Waals surface area (Å²) in [5.74, 6) is 0.847. The molecule has 3 nitrogen and oxygen atoms in total. The predicted octanol–water partition coefficient (Wildman–Crippen LogP) is 1.36. The van der Waals surface area contributed by atoms with E-state index >= 15 is 0 Å². The van der Waals surface area contributed by atoms with E-state index in [-0.39, 0.29) is 5.75 Å². The summed E-state index contributed by atoms with van der Waals surface area (Å²) in [6, 6.07) is 0. The van der Waals surface area contributed by atoms with Crippen molar-refractivity contribution in [2.24, 2.45) is 0 Å². The van der Waals surface area contributed by atoms with Gasteiger partial charge in [0.2, 0.25) is 0 Å². The van der Waals surface area contributed by atoms with Crippen LogP contribution in [0.3, 0.4) is 0 Å². The highest BCUT2D eigenvalue weighted by Crippen LogP contribution is 2.25. The molecule has 0 aliphatic heterocycles. The van der Waals surface area contributed by atoms with Crippen LogP contribution in [-0.2, 0) is 6.42 Å². The van der Waals surface area contributed by atoms with Crippen molar-refractivity contribution in [3.05, 3.63) is 18.0 Å². The van der Waals surface area contributed by atoms with Gasteiger partial charge in [-0.05, 0) is 6.42 Å². The molecule has 0 atom stereocenters. The number of pyridine rings is 1. The highest BCUT2D eigenvalue weighted by molar-refractivity contribution is 5.40. The average molecular weight is 153 g/mol. The number of hydrogen-bond donors (Lipinski definition) is 1. The van der Waals surface area contributed by atoms with Gasteiger partial charge in [-0.3, -0.25) is 4.98 Å². The Labute approximate surface area is 65.7 Å². The van der Waals surface area contributed by atoms with E-state index in [2.05, 4.69) is 4.98 Å².